The fraction of sp³-hybridized carbons (Fsp3) is 0.0909. The first-order chi connectivity index (χ1) is 13.8. The number of nitrogen functional groups attached to an aromatic ring is 1. The van der Waals surface area contributed by atoms with Crippen LogP contribution < -0.4 is 5.73 Å². The summed E-state index contributed by atoms with van der Waals surface area (Å²) in [5.41, 5.74) is 5.77. The van der Waals surface area contributed by atoms with Crippen LogP contribution in [0, 0.1) is 0 Å². The number of hydrogen-bond donors (Lipinski definition) is 1. The number of nitrogens with zero attached hydrogens (tertiary/aromatic N) is 1. The number of carbonyl (C=O) groups excluding carboxylic acids is 2. The molecule has 0 heterocycles. The maximum Gasteiger partial charge on any atom is 0.416 e. The Balaban J connectivity index is 1.99. The number of halogens is 3. The molecule has 0 saturated carbocycles. The van der Waals surface area contributed by atoms with Gasteiger partial charge < -0.3 is 5.73 Å². The summed E-state index contributed by atoms with van der Waals surface area (Å²) in [5, 5.41) is 0. The van der Waals surface area contributed by atoms with Crippen LogP contribution in [-0.2, 0) is 12.7 Å². The van der Waals surface area contributed by atoms with Gasteiger partial charge in [-0.1, -0.05) is 36.4 Å². The van der Waals surface area contributed by atoms with Crippen LogP contribution in [0.3, 0.4) is 0 Å². The topological polar surface area (TPSA) is 63.4 Å². The van der Waals surface area contributed by atoms with Gasteiger partial charge in [0.1, 0.15) is 0 Å². The van der Waals surface area contributed by atoms with Crippen molar-refractivity contribution in [3.05, 3.63) is 101 Å². The van der Waals surface area contributed by atoms with Gasteiger partial charge in [-0.2, -0.15) is 13.2 Å². The van der Waals surface area contributed by atoms with Crippen molar-refractivity contribution in [2.24, 2.45) is 0 Å². The van der Waals surface area contributed by atoms with Crippen molar-refractivity contribution in [3.63, 3.8) is 0 Å². The van der Waals surface area contributed by atoms with Crippen LogP contribution in [0.2, 0.25) is 0 Å². The van der Waals surface area contributed by atoms with E-state index in [2.05, 4.69) is 0 Å². The first-order valence-corrected chi connectivity index (χ1v) is 8.68. The van der Waals surface area contributed by atoms with Crippen LogP contribution >= 0.6 is 0 Å². The van der Waals surface area contributed by atoms with E-state index in [0.29, 0.717) is 11.3 Å². The van der Waals surface area contributed by atoms with Crippen LogP contribution in [0.5, 0.6) is 0 Å². The van der Waals surface area contributed by atoms with Crippen molar-refractivity contribution in [2.75, 3.05) is 5.73 Å². The van der Waals surface area contributed by atoms with Crippen LogP contribution in [-0.4, -0.2) is 16.7 Å². The number of benzene rings is 3. The lowest BCUT2D eigenvalue weighted by Gasteiger charge is -2.22. The van der Waals surface area contributed by atoms with Crippen LogP contribution in [0.1, 0.15) is 31.8 Å². The molecule has 3 aromatic carbocycles. The number of carbonyl (C=O) groups is 2. The van der Waals surface area contributed by atoms with Gasteiger partial charge in [-0.05, 0) is 48.0 Å². The number of amides is 2. The fourth-order valence-corrected chi connectivity index (χ4v) is 2.77. The van der Waals surface area contributed by atoms with E-state index in [1.54, 1.807) is 30.3 Å². The highest BCUT2D eigenvalue weighted by Gasteiger charge is 2.32. The van der Waals surface area contributed by atoms with Gasteiger partial charge in [0.05, 0.1) is 12.1 Å². The SMILES string of the molecule is Nc1ccc(C(=O)N(Cc2ccccc2)C(=O)c2cccc(C(F)(F)F)c2)cc1. The molecular weight excluding hydrogens is 381 g/mol. The minimum absolute atomic E-state index is 0.0842. The molecule has 0 aliphatic heterocycles. The zero-order chi connectivity index (χ0) is 21.0. The second-order valence-electron chi connectivity index (χ2n) is 6.38. The molecule has 0 aliphatic carbocycles. The summed E-state index contributed by atoms with van der Waals surface area (Å²) >= 11 is 0. The maximum atomic E-state index is 13.0. The molecule has 0 spiro atoms. The Morgan fingerprint density at radius 1 is 0.793 bits per heavy atom. The van der Waals surface area contributed by atoms with Crippen LogP contribution in [0.25, 0.3) is 0 Å². The monoisotopic (exact) mass is 398 g/mol. The predicted molar refractivity (Wildman–Crippen MR) is 103 cm³/mol. The molecule has 29 heavy (non-hydrogen) atoms. The fourth-order valence-electron chi connectivity index (χ4n) is 2.77. The van der Waals surface area contributed by atoms with E-state index >= 15 is 0 Å². The average Bonchev–Trinajstić information content (AvgIpc) is 2.72. The van der Waals surface area contributed by atoms with Gasteiger partial charge in [0.2, 0.25) is 0 Å². The van der Waals surface area contributed by atoms with E-state index in [1.807, 2.05) is 0 Å². The normalized spacial score (nSPS) is 11.1. The molecule has 0 aromatic heterocycles. The molecule has 3 aromatic rings. The molecule has 2 amide bonds. The van der Waals surface area contributed by atoms with Crippen molar-refractivity contribution < 1.29 is 22.8 Å². The lowest BCUT2D eigenvalue weighted by atomic mass is 10.1. The number of rotatable bonds is 4. The Morgan fingerprint density at radius 2 is 1.41 bits per heavy atom. The van der Waals surface area contributed by atoms with Crippen molar-refractivity contribution >= 4 is 17.5 Å². The van der Waals surface area contributed by atoms with Gasteiger partial charge in [-0.25, -0.2) is 0 Å². The lowest BCUT2D eigenvalue weighted by molar-refractivity contribution is -0.137. The Kier molecular flexibility index (Phi) is 5.68. The summed E-state index contributed by atoms with van der Waals surface area (Å²) in [4.78, 5) is 26.9. The van der Waals surface area contributed by atoms with Gasteiger partial charge in [0.15, 0.2) is 0 Å². The van der Waals surface area contributed by atoms with Crippen molar-refractivity contribution in [2.45, 2.75) is 12.7 Å². The highest BCUT2D eigenvalue weighted by molar-refractivity contribution is 6.10. The third-order valence-corrected chi connectivity index (χ3v) is 4.27. The number of hydrogen-bond acceptors (Lipinski definition) is 3. The third kappa shape index (κ3) is 4.82. The van der Waals surface area contributed by atoms with E-state index in [-0.39, 0.29) is 17.7 Å². The van der Waals surface area contributed by atoms with Gasteiger partial charge in [-0.15, -0.1) is 0 Å². The first-order valence-electron chi connectivity index (χ1n) is 8.68. The molecule has 0 atom stereocenters. The zero-order valence-electron chi connectivity index (χ0n) is 15.2. The highest BCUT2D eigenvalue weighted by atomic mass is 19.4. The Morgan fingerprint density at radius 3 is 2.03 bits per heavy atom. The zero-order valence-corrected chi connectivity index (χ0v) is 15.2. The Hall–Kier alpha value is -3.61. The summed E-state index contributed by atoms with van der Waals surface area (Å²) in [6, 6.07) is 18.7. The number of nitrogens with two attached hydrogens (primary N) is 1. The molecule has 0 fully saturated rings. The summed E-state index contributed by atoms with van der Waals surface area (Å²) in [6.07, 6.45) is -4.60. The van der Waals surface area contributed by atoms with Crippen molar-refractivity contribution in [1.29, 1.82) is 0 Å². The predicted octanol–water partition coefficient (Wildman–Crippen LogP) is 4.77. The number of imide groups is 1. The smallest absolute Gasteiger partial charge is 0.399 e. The molecule has 0 saturated heterocycles. The largest absolute Gasteiger partial charge is 0.416 e. The third-order valence-electron chi connectivity index (χ3n) is 4.27. The van der Waals surface area contributed by atoms with Crippen molar-refractivity contribution in [1.82, 2.24) is 4.90 Å². The van der Waals surface area contributed by atoms with Gasteiger partial charge in [0, 0.05) is 16.8 Å². The summed E-state index contributed by atoms with van der Waals surface area (Å²) in [6.45, 7) is -0.0842. The molecule has 3 rings (SSSR count). The first kappa shape index (κ1) is 20.1. The van der Waals surface area contributed by atoms with Gasteiger partial charge in [0.25, 0.3) is 11.8 Å². The van der Waals surface area contributed by atoms with Crippen LogP contribution in [0.15, 0.2) is 78.9 Å². The minimum atomic E-state index is -4.60. The minimum Gasteiger partial charge on any atom is -0.399 e. The average molecular weight is 398 g/mol. The lowest BCUT2D eigenvalue weighted by Crippen LogP contribution is -2.36. The molecule has 148 valence electrons. The van der Waals surface area contributed by atoms with Crippen LogP contribution in [0.4, 0.5) is 18.9 Å². The number of anilines is 1. The summed E-state index contributed by atoms with van der Waals surface area (Å²) < 4.78 is 39.1. The molecule has 0 unspecified atom stereocenters. The molecule has 2 N–H and O–H groups in total. The summed E-state index contributed by atoms with van der Waals surface area (Å²) in [7, 11) is 0. The second-order valence-corrected chi connectivity index (χ2v) is 6.38. The second kappa shape index (κ2) is 8.18. The van der Waals surface area contributed by atoms with Crippen molar-refractivity contribution in [3.8, 4) is 0 Å². The Labute approximate surface area is 165 Å². The molecule has 4 nitrogen and oxygen atoms in total. The molecular formula is C22H17F3N2O2. The van der Waals surface area contributed by atoms with E-state index in [0.717, 1.165) is 23.1 Å². The van der Waals surface area contributed by atoms with Gasteiger partial charge in [-0.3, -0.25) is 14.5 Å². The van der Waals surface area contributed by atoms with E-state index in [1.165, 1.54) is 30.3 Å². The standard InChI is InChI=1S/C22H17F3N2O2/c23-22(24,25)18-8-4-7-17(13-18)21(29)27(14-15-5-2-1-3-6-15)20(28)16-9-11-19(26)12-10-16/h1-13H,14,26H2. The summed E-state index contributed by atoms with van der Waals surface area (Å²) in [5.74, 6) is -1.45. The number of alkyl halides is 3. The molecule has 0 aliphatic rings. The van der Waals surface area contributed by atoms with Gasteiger partial charge >= 0.3 is 6.18 Å². The van der Waals surface area contributed by atoms with E-state index < -0.39 is 23.6 Å². The van der Waals surface area contributed by atoms with E-state index in [4.69, 9.17) is 5.73 Å². The quantitative estimate of drug-likeness (QED) is 0.509. The maximum absolute atomic E-state index is 13.0. The Bertz CT molecular complexity index is 1020. The van der Waals surface area contributed by atoms with E-state index in [9.17, 15) is 22.8 Å². The molecule has 0 bridgehead atoms. The molecule has 7 heteroatoms. The highest BCUT2D eigenvalue weighted by Crippen LogP contribution is 2.30. The molecule has 0 radical (unpaired) electrons.